The number of aliphatic carboxylic acids is 1. The summed E-state index contributed by atoms with van der Waals surface area (Å²) in [6, 6.07) is -0.770. The number of nitrogens with zero attached hydrogens (tertiary/aromatic N) is 2. The summed E-state index contributed by atoms with van der Waals surface area (Å²) in [6.45, 7) is 7.65. The van der Waals surface area contributed by atoms with Crippen molar-refractivity contribution < 1.29 is 14.7 Å². The average molecular weight is 314 g/mol. The standard InChI is InChI=1S/C15H26N2O3S/c1-4-7-16(8-11-5-6-11)15(20)17-12(14(18)19)9-21-13(17)10(2)3/h10-13H,4-9H2,1-3H3,(H,18,19). The molecule has 0 aromatic heterocycles. The van der Waals surface area contributed by atoms with Crippen LogP contribution in [-0.2, 0) is 4.79 Å². The molecule has 1 aliphatic heterocycles. The molecule has 0 aromatic carbocycles. The van der Waals surface area contributed by atoms with Gasteiger partial charge in [0.25, 0.3) is 0 Å². The van der Waals surface area contributed by atoms with Crippen molar-refractivity contribution >= 4 is 23.8 Å². The molecule has 2 aliphatic rings. The second kappa shape index (κ2) is 6.90. The second-order valence-corrected chi connectivity index (χ2v) is 7.55. The van der Waals surface area contributed by atoms with Crippen molar-refractivity contribution in [1.29, 1.82) is 0 Å². The number of rotatable bonds is 6. The Morgan fingerprint density at radius 2 is 2.05 bits per heavy atom. The van der Waals surface area contributed by atoms with Crippen molar-refractivity contribution in [3.63, 3.8) is 0 Å². The Labute approximate surface area is 131 Å². The summed E-state index contributed by atoms with van der Waals surface area (Å²) in [5.41, 5.74) is 0. The minimum atomic E-state index is -0.887. The summed E-state index contributed by atoms with van der Waals surface area (Å²) in [4.78, 5) is 27.9. The largest absolute Gasteiger partial charge is 0.480 e. The molecule has 2 unspecified atom stereocenters. The number of carboxylic acids is 1. The van der Waals surface area contributed by atoms with E-state index in [0.29, 0.717) is 18.2 Å². The van der Waals surface area contributed by atoms with Crippen LogP contribution in [0.4, 0.5) is 4.79 Å². The normalized spacial score (nSPS) is 25.4. The summed E-state index contributed by atoms with van der Waals surface area (Å²) >= 11 is 1.59. The van der Waals surface area contributed by atoms with E-state index in [1.165, 1.54) is 12.8 Å². The summed E-state index contributed by atoms with van der Waals surface area (Å²) in [6.07, 6.45) is 3.29. The van der Waals surface area contributed by atoms with Gasteiger partial charge in [0.2, 0.25) is 0 Å². The summed E-state index contributed by atoms with van der Waals surface area (Å²) in [5.74, 6) is 0.485. The first kappa shape index (κ1) is 16.5. The molecule has 5 nitrogen and oxygen atoms in total. The molecule has 1 aliphatic carbocycles. The van der Waals surface area contributed by atoms with Crippen molar-refractivity contribution in [2.75, 3.05) is 18.8 Å². The van der Waals surface area contributed by atoms with E-state index in [2.05, 4.69) is 6.92 Å². The Morgan fingerprint density at radius 3 is 2.52 bits per heavy atom. The lowest BCUT2D eigenvalue weighted by Crippen LogP contribution is -2.53. The molecular formula is C15H26N2O3S. The van der Waals surface area contributed by atoms with E-state index in [4.69, 9.17) is 0 Å². The van der Waals surface area contributed by atoms with Crippen LogP contribution in [0, 0.1) is 11.8 Å². The average Bonchev–Trinajstić information content (AvgIpc) is 3.11. The van der Waals surface area contributed by atoms with Gasteiger partial charge in [-0.1, -0.05) is 20.8 Å². The Kier molecular flexibility index (Phi) is 5.41. The third-order valence-corrected chi connectivity index (χ3v) is 5.67. The van der Waals surface area contributed by atoms with Crippen molar-refractivity contribution in [1.82, 2.24) is 9.80 Å². The smallest absolute Gasteiger partial charge is 0.327 e. The topological polar surface area (TPSA) is 60.9 Å². The van der Waals surface area contributed by atoms with Crippen molar-refractivity contribution in [3.8, 4) is 0 Å². The molecule has 0 spiro atoms. The van der Waals surface area contributed by atoms with E-state index >= 15 is 0 Å². The van der Waals surface area contributed by atoms with Gasteiger partial charge in [0.1, 0.15) is 6.04 Å². The van der Waals surface area contributed by atoms with Gasteiger partial charge in [0.05, 0.1) is 5.37 Å². The van der Waals surface area contributed by atoms with Crippen LogP contribution in [0.3, 0.4) is 0 Å². The van der Waals surface area contributed by atoms with Crippen LogP contribution in [0.5, 0.6) is 0 Å². The molecule has 2 atom stereocenters. The first-order chi connectivity index (χ1) is 9.95. The lowest BCUT2D eigenvalue weighted by Gasteiger charge is -2.35. The Hall–Kier alpha value is -0.910. The Morgan fingerprint density at radius 1 is 1.38 bits per heavy atom. The quantitative estimate of drug-likeness (QED) is 0.819. The molecule has 2 rings (SSSR count). The minimum Gasteiger partial charge on any atom is -0.480 e. The number of amides is 2. The SMILES string of the molecule is CCCN(CC1CC1)C(=O)N1C(C(=O)O)CSC1C(C)C. The van der Waals surface area contributed by atoms with Crippen LogP contribution >= 0.6 is 11.8 Å². The highest BCUT2D eigenvalue weighted by Gasteiger charge is 2.44. The van der Waals surface area contributed by atoms with Crippen molar-refractivity contribution in [2.45, 2.75) is 51.4 Å². The van der Waals surface area contributed by atoms with E-state index in [9.17, 15) is 14.7 Å². The molecule has 0 bridgehead atoms. The highest BCUT2D eigenvalue weighted by molar-refractivity contribution is 8.00. The van der Waals surface area contributed by atoms with E-state index < -0.39 is 12.0 Å². The van der Waals surface area contributed by atoms with E-state index in [0.717, 1.165) is 13.0 Å². The summed E-state index contributed by atoms with van der Waals surface area (Å²) < 4.78 is 0. The monoisotopic (exact) mass is 314 g/mol. The highest BCUT2D eigenvalue weighted by atomic mass is 32.2. The lowest BCUT2D eigenvalue weighted by molar-refractivity contribution is -0.141. The van der Waals surface area contributed by atoms with Crippen LogP contribution < -0.4 is 0 Å². The first-order valence-corrected chi connectivity index (χ1v) is 8.92. The number of carboxylic acid groups (broad SMARTS) is 1. The van der Waals surface area contributed by atoms with Crippen LogP contribution in [0.15, 0.2) is 0 Å². The van der Waals surface area contributed by atoms with Gasteiger partial charge in [-0.25, -0.2) is 9.59 Å². The number of carbonyl (C=O) groups excluding carboxylic acids is 1. The summed E-state index contributed by atoms with van der Waals surface area (Å²) in [7, 11) is 0. The van der Waals surface area contributed by atoms with E-state index in [1.54, 1.807) is 16.7 Å². The van der Waals surface area contributed by atoms with Crippen molar-refractivity contribution in [2.24, 2.45) is 11.8 Å². The summed E-state index contributed by atoms with van der Waals surface area (Å²) in [5, 5.41) is 9.38. The first-order valence-electron chi connectivity index (χ1n) is 7.87. The maximum atomic E-state index is 12.9. The molecule has 2 fully saturated rings. The predicted molar refractivity (Wildman–Crippen MR) is 84.3 cm³/mol. The lowest BCUT2D eigenvalue weighted by atomic mass is 10.1. The van der Waals surface area contributed by atoms with Gasteiger partial charge in [-0.15, -0.1) is 11.8 Å². The fraction of sp³-hybridized carbons (Fsp3) is 0.867. The zero-order valence-electron chi connectivity index (χ0n) is 13.1. The molecule has 1 N–H and O–H groups in total. The molecule has 21 heavy (non-hydrogen) atoms. The van der Waals surface area contributed by atoms with Gasteiger partial charge in [0, 0.05) is 18.8 Å². The number of carbonyl (C=O) groups is 2. The predicted octanol–water partition coefficient (Wildman–Crippen LogP) is 2.71. The van der Waals surface area contributed by atoms with Gasteiger partial charge >= 0.3 is 12.0 Å². The molecule has 6 heteroatoms. The third kappa shape index (κ3) is 3.84. The zero-order chi connectivity index (χ0) is 15.6. The Bertz CT molecular complexity index is 398. The minimum absolute atomic E-state index is 0.0304. The van der Waals surface area contributed by atoms with Gasteiger partial charge in [0.15, 0.2) is 0 Å². The number of thioether (sulfide) groups is 1. The van der Waals surface area contributed by atoms with Gasteiger partial charge in [-0.2, -0.15) is 0 Å². The number of urea groups is 1. The molecular weight excluding hydrogens is 288 g/mol. The second-order valence-electron chi connectivity index (χ2n) is 6.40. The van der Waals surface area contributed by atoms with Crippen LogP contribution in [0.1, 0.15) is 40.0 Å². The maximum Gasteiger partial charge on any atom is 0.327 e. The highest BCUT2D eigenvalue weighted by Crippen LogP contribution is 2.36. The fourth-order valence-electron chi connectivity index (χ4n) is 2.78. The van der Waals surface area contributed by atoms with Crippen LogP contribution in [0.2, 0.25) is 0 Å². The molecule has 1 saturated heterocycles. The van der Waals surface area contributed by atoms with Gasteiger partial charge in [-0.3, -0.25) is 4.90 Å². The molecule has 2 amide bonds. The molecule has 120 valence electrons. The van der Waals surface area contributed by atoms with Crippen LogP contribution in [0.25, 0.3) is 0 Å². The van der Waals surface area contributed by atoms with E-state index in [1.807, 2.05) is 18.7 Å². The van der Waals surface area contributed by atoms with E-state index in [-0.39, 0.29) is 17.3 Å². The molecule has 0 aromatic rings. The molecule has 1 heterocycles. The van der Waals surface area contributed by atoms with Gasteiger partial charge in [-0.05, 0) is 31.1 Å². The van der Waals surface area contributed by atoms with Crippen molar-refractivity contribution in [3.05, 3.63) is 0 Å². The fourth-order valence-corrected chi connectivity index (χ4v) is 4.25. The van der Waals surface area contributed by atoms with Crippen LogP contribution in [-0.4, -0.2) is 57.2 Å². The molecule has 1 saturated carbocycles. The zero-order valence-corrected chi connectivity index (χ0v) is 13.9. The maximum absolute atomic E-state index is 12.9. The molecule has 0 radical (unpaired) electrons. The third-order valence-electron chi connectivity index (χ3n) is 4.05. The number of hydrogen-bond donors (Lipinski definition) is 1. The number of hydrogen-bond acceptors (Lipinski definition) is 3. The van der Waals surface area contributed by atoms with Gasteiger partial charge < -0.3 is 10.0 Å². The Balaban J connectivity index is 2.15.